The largest absolute Gasteiger partial charge is 0.401 e. The summed E-state index contributed by atoms with van der Waals surface area (Å²) in [6, 6.07) is 9.57. The molecule has 0 bridgehead atoms. The lowest BCUT2D eigenvalue weighted by molar-refractivity contribution is -0.143. The number of urea groups is 1. The van der Waals surface area contributed by atoms with E-state index in [1.807, 2.05) is 30.3 Å². The Labute approximate surface area is 138 Å². The maximum atomic E-state index is 12.1. The monoisotopic (exact) mass is 349 g/mol. The molecule has 1 rings (SSSR count). The van der Waals surface area contributed by atoms with Gasteiger partial charge in [0.05, 0.1) is 6.54 Å². The summed E-state index contributed by atoms with van der Waals surface area (Å²) < 4.78 is 36.3. The number of nitrogens with zero attached hydrogens (tertiary/aromatic N) is 1. The first kappa shape index (κ1) is 19.6. The van der Waals surface area contributed by atoms with Crippen molar-refractivity contribution in [2.45, 2.75) is 17.5 Å². The van der Waals surface area contributed by atoms with Gasteiger partial charge in [0.2, 0.25) is 0 Å². The highest BCUT2D eigenvalue weighted by Crippen LogP contribution is 2.16. The van der Waals surface area contributed by atoms with E-state index in [2.05, 4.69) is 10.6 Å². The van der Waals surface area contributed by atoms with Crippen molar-refractivity contribution in [2.75, 3.05) is 39.0 Å². The number of benzene rings is 1. The van der Waals surface area contributed by atoms with Gasteiger partial charge in [-0.25, -0.2) is 4.79 Å². The average Bonchev–Trinajstić information content (AvgIpc) is 2.47. The Morgan fingerprint density at radius 1 is 1.17 bits per heavy atom. The molecule has 4 nitrogen and oxygen atoms in total. The van der Waals surface area contributed by atoms with Crippen LogP contribution in [0.15, 0.2) is 35.2 Å². The molecule has 1 aromatic rings. The minimum absolute atomic E-state index is 0.281. The molecule has 0 aliphatic heterocycles. The van der Waals surface area contributed by atoms with Crippen LogP contribution in [0.5, 0.6) is 0 Å². The van der Waals surface area contributed by atoms with Gasteiger partial charge in [0, 0.05) is 23.7 Å². The molecule has 23 heavy (non-hydrogen) atoms. The number of thioether (sulfide) groups is 1. The van der Waals surface area contributed by atoms with E-state index in [-0.39, 0.29) is 12.6 Å². The maximum Gasteiger partial charge on any atom is 0.401 e. The molecule has 0 spiro atoms. The number of amides is 2. The molecule has 2 amide bonds. The molecule has 130 valence electrons. The summed E-state index contributed by atoms with van der Waals surface area (Å²) in [5.74, 6) is 0.756. The van der Waals surface area contributed by atoms with E-state index in [4.69, 9.17) is 0 Å². The van der Waals surface area contributed by atoms with Gasteiger partial charge in [0.15, 0.2) is 0 Å². The summed E-state index contributed by atoms with van der Waals surface area (Å²) in [5.41, 5.74) is 0. The minimum atomic E-state index is -4.18. The number of halogens is 3. The summed E-state index contributed by atoms with van der Waals surface area (Å²) in [5, 5.41) is 5.35. The fourth-order valence-electron chi connectivity index (χ4n) is 1.85. The zero-order valence-electron chi connectivity index (χ0n) is 13.0. The second kappa shape index (κ2) is 10.4. The van der Waals surface area contributed by atoms with Crippen molar-refractivity contribution < 1.29 is 18.0 Å². The topological polar surface area (TPSA) is 44.4 Å². The van der Waals surface area contributed by atoms with E-state index in [0.717, 1.165) is 10.6 Å². The van der Waals surface area contributed by atoms with Gasteiger partial charge in [0.25, 0.3) is 0 Å². The van der Waals surface area contributed by atoms with Crippen LogP contribution < -0.4 is 10.6 Å². The Morgan fingerprint density at radius 3 is 2.48 bits per heavy atom. The molecule has 0 aromatic heterocycles. The number of alkyl halides is 3. The highest BCUT2D eigenvalue weighted by atomic mass is 32.2. The number of nitrogens with one attached hydrogen (secondary N) is 2. The molecule has 1 aromatic carbocycles. The van der Waals surface area contributed by atoms with Gasteiger partial charge in [-0.2, -0.15) is 13.2 Å². The number of hydrogen-bond acceptors (Lipinski definition) is 3. The Kier molecular flexibility index (Phi) is 8.86. The SMILES string of the molecule is CN(CCCNC(=O)NCCSc1ccccc1)CC(F)(F)F. The molecule has 0 radical (unpaired) electrons. The fourth-order valence-corrected chi connectivity index (χ4v) is 2.64. The molecular weight excluding hydrogens is 327 g/mol. The zero-order chi connectivity index (χ0) is 17.1. The Balaban J connectivity index is 2.00. The van der Waals surface area contributed by atoms with Crippen LogP contribution in [-0.2, 0) is 0 Å². The average molecular weight is 349 g/mol. The third kappa shape index (κ3) is 10.9. The first-order valence-electron chi connectivity index (χ1n) is 7.31. The highest BCUT2D eigenvalue weighted by molar-refractivity contribution is 7.99. The third-order valence-electron chi connectivity index (χ3n) is 2.85. The van der Waals surface area contributed by atoms with E-state index in [9.17, 15) is 18.0 Å². The normalized spacial score (nSPS) is 11.5. The molecule has 0 unspecified atom stereocenters. The molecule has 0 aliphatic carbocycles. The lowest BCUT2D eigenvalue weighted by atomic mass is 10.4. The van der Waals surface area contributed by atoms with Crippen LogP contribution in [0.1, 0.15) is 6.42 Å². The van der Waals surface area contributed by atoms with E-state index >= 15 is 0 Å². The number of hydrogen-bond donors (Lipinski definition) is 2. The number of rotatable bonds is 9. The summed E-state index contributed by atoms with van der Waals surface area (Å²) >= 11 is 1.64. The first-order chi connectivity index (χ1) is 10.9. The Hall–Kier alpha value is -1.41. The van der Waals surface area contributed by atoms with Crippen molar-refractivity contribution in [3.8, 4) is 0 Å². The molecule has 0 heterocycles. The zero-order valence-corrected chi connectivity index (χ0v) is 13.8. The fraction of sp³-hybridized carbons (Fsp3) is 0.533. The predicted molar refractivity (Wildman–Crippen MR) is 86.7 cm³/mol. The van der Waals surface area contributed by atoms with Gasteiger partial charge in [0.1, 0.15) is 0 Å². The van der Waals surface area contributed by atoms with Gasteiger partial charge in [-0.1, -0.05) is 18.2 Å². The molecule has 0 saturated heterocycles. The molecule has 2 N–H and O–H groups in total. The van der Waals surface area contributed by atoms with Crippen molar-refractivity contribution >= 4 is 17.8 Å². The van der Waals surface area contributed by atoms with Crippen LogP contribution in [0.3, 0.4) is 0 Å². The van der Waals surface area contributed by atoms with Crippen LogP contribution in [0.2, 0.25) is 0 Å². The lowest BCUT2D eigenvalue weighted by Crippen LogP contribution is -2.38. The summed E-state index contributed by atoms with van der Waals surface area (Å²) in [6.45, 7) is 0.221. The van der Waals surface area contributed by atoms with Gasteiger partial charge in [-0.15, -0.1) is 11.8 Å². The van der Waals surface area contributed by atoms with E-state index in [1.165, 1.54) is 11.9 Å². The summed E-state index contributed by atoms with van der Waals surface area (Å²) in [6.07, 6.45) is -3.71. The first-order valence-corrected chi connectivity index (χ1v) is 8.30. The second-order valence-electron chi connectivity index (χ2n) is 5.05. The molecule has 8 heteroatoms. The Bertz CT molecular complexity index is 457. The lowest BCUT2D eigenvalue weighted by Gasteiger charge is -2.18. The molecule has 0 atom stereocenters. The standard InChI is InChI=1S/C15H22F3N3OS/c1-21(12-15(16,17)18)10-5-8-19-14(22)20-9-11-23-13-6-3-2-4-7-13/h2-4,6-7H,5,8-12H2,1H3,(H2,19,20,22). The van der Waals surface area contributed by atoms with E-state index < -0.39 is 12.7 Å². The van der Waals surface area contributed by atoms with Crippen molar-refractivity contribution in [1.82, 2.24) is 15.5 Å². The summed E-state index contributed by atoms with van der Waals surface area (Å²) in [7, 11) is 1.41. The minimum Gasteiger partial charge on any atom is -0.338 e. The smallest absolute Gasteiger partial charge is 0.338 e. The van der Waals surface area contributed by atoms with E-state index in [0.29, 0.717) is 19.5 Å². The Morgan fingerprint density at radius 2 is 1.83 bits per heavy atom. The number of carbonyl (C=O) groups is 1. The van der Waals surface area contributed by atoms with Crippen LogP contribution in [0, 0.1) is 0 Å². The van der Waals surface area contributed by atoms with Crippen LogP contribution in [-0.4, -0.2) is 56.1 Å². The van der Waals surface area contributed by atoms with Crippen molar-refractivity contribution in [1.29, 1.82) is 0 Å². The third-order valence-corrected chi connectivity index (χ3v) is 3.86. The molecular formula is C15H22F3N3OS. The van der Waals surface area contributed by atoms with E-state index in [1.54, 1.807) is 11.8 Å². The van der Waals surface area contributed by atoms with Crippen molar-refractivity contribution in [3.63, 3.8) is 0 Å². The summed E-state index contributed by atoms with van der Waals surface area (Å²) in [4.78, 5) is 13.8. The van der Waals surface area contributed by atoms with Crippen LogP contribution in [0.4, 0.5) is 18.0 Å². The quantitative estimate of drug-likeness (QED) is 0.532. The van der Waals surface area contributed by atoms with Gasteiger partial charge in [-0.05, 0) is 32.1 Å². The van der Waals surface area contributed by atoms with Crippen LogP contribution >= 0.6 is 11.8 Å². The van der Waals surface area contributed by atoms with Gasteiger partial charge in [-0.3, -0.25) is 4.90 Å². The van der Waals surface area contributed by atoms with Gasteiger partial charge >= 0.3 is 12.2 Å². The van der Waals surface area contributed by atoms with Crippen LogP contribution in [0.25, 0.3) is 0 Å². The highest BCUT2D eigenvalue weighted by Gasteiger charge is 2.28. The molecule has 0 fully saturated rings. The maximum absolute atomic E-state index is 12.1. The second-order valence-corrected chi connectivity index (χ2v) is 6.22. The molecule has 0 saturated carbocycles. The number of carbonyl (C=O) groups excluding carboxylic acids is 1. The van der Waals surface area contributed by atoms with Crippen molar-refractivity contribution in [3.05, 3.63) is 30.3 Å². The van der Waals surface area contributed by atoms with Gasteiger partial charge < -0.3 is 10.6 Å². The molecule has 0 aliphatic rings. The predicted octanol–water partition coefficient (Wildman–Crippen LogP) is 2.96. The van der Waals surface area contributed by atoms with Crippen molar-refractivity contribution in [2.24, 2.45) is 0 Å².